The summed E-state index contributed by atoms with van der Waals surface area (Å²) in [6, 6.07) is 34.7. The second kappa shape index (κ2) is 50.8. The lowest BCUT2D eigenvalue weighted by atomic mass is 9.97. The zero-order valence-electron chi connectivity index (χ0n) is 84.3. The number of ketones is 1. The predicted molar refractivity (Wildman–Crippen MR) is 539 cm³/mol. The van der Waals surface area contributed by atoms with E-state index >= 15 is 0 Å². The highest BCUT2D eigenvalue weighted by Gasteiger charge is 2.38. The third kappa shape index (κ3) is 29.5. The van der Waals surface area contributed by atoms with Gasteiger partial charge in [0, 0.05) is 140 Å². The largest absolute Gasteiger partial charge is 0.475 e. The average Bonchev–Trinajstić information content (AvgIpc) is 0.763. The number of carbonyl (C=O) groups is 4. The van der Waals surface area contributed by atoms with Gasteiger partial charge in [-0.3, -0.25) is 34.1 Å². The Kier molecular flexibility index (Phi) is 38.0. The number of aryl methyl sites for hydroxylation is 5. The van der Waals surface area contributed by atoms with Crippen LogP contribution in [0.2, 0.25) is 0 Å². The minimum absolute atomic E-state index is 0.0118. The molecule has 0 spiro atoms. The van der Waals surface area contributed by atoms with Gasteiger partial charge in [0.1, 0.15) is 28.4 Å². The van der Waals surface area contributed by atoms with E-state index in [2.05, 4.69) is 91.3 Å². The van der Waals surface area contributed by atoms with Crippen molar-refractivity contribution in [3.63, 3.8) is 0 Å². The number of amides is 3. The summed E-state index contributed by atoms with van der Waals surface area (Å²) < 4.78 is 194. The molecule has 0 bridgehead atoms. The van der Waals surface area contributed by atoms with E-state index < -0.39 is 65.5 Å². The number of hydrogen-bond acceptors (Lipinski definition) is 29. The summed E-state index contributed by atoms with van der Waals surface area (Å²) in [5.74, 6) is -3.60. The molecule has 790 valence electrons. The molecule has 32 nitrogen and oxygen atoms in total. The number of anilines is 7. The van der Waals surface area contributed by atoms with Gasteiger partial charge >= 0.3 is 18.5 Å². The highest BCUT2D eigenvalue weighted by Crippen LogP contribution is 2.42. The Labute approximate surface area is 853 Å². The van der Waals surface area contributed by atoms with E-state index in [0.29, 0.717) is 229 Å². The maximum absolute atomic E-state index is 13.7. The number of alkyl halides is 11. The number of aliphatic hydroxyl groups excluding tert-OH is 1. The molecule has 7 aromatic heterocycles. The smallest absolute Gasteiger partial charge is 0.416 e. The van der Waals surface area contributed by atoms with Crippen molar-refractivity contribution < 1.29 is 110 Å². The first kappa shape index (κ1) is 112. The van der Waals surface area contributed by atoms with Crippen LogP contribution >= 0.6 is 0 Å². The molecule has 43 heteroatoms. The van der Waals surface area contributed by atoms with Gasteiger partial charge in [0.05, 0.1) is 149 Å². The van der Waals surface area contributed by atoms with Crippen molar-refractivity contribution in [3.8, 4) is 68.5 Å². The number of aliphatic hydroxyl groups is 1. The number of Topliss-reactive ketones (excluding diaryl/α,β-unsaturated/α-hetero) is 1. The van der Waals surface area contributed by atoms with Crippen LogP contribution in [0.3, 0.4) is 0 Å². The van der Waals surface area contributed by atoms with Crippen molar-refractivity contribution in [2.75, 3.05) is 181 Å². The Hall–Kier alpha value is -14.7. The Morgan fingerprint density at radius 2 is 0.725 bits per heavy atom. The van der Waals surface area contributed by atoms with Crippen LogP contribution in [-0.4, -0.2) is 235 Å². The molecule has 12 aromatic rings. The minimum atomic E-state index is -4.71. The summed E-state index contributed by atoms with van der Waals surface area (Å²) in [7, 11) is 3.38. The van der Waals surface area contributed by atoms with Gasteiger partial charge in [-0.15, -0.1) is 40.8 Å². The summed E-state index contributed by atoms with van der Waals surface area (Å²) in [5.41, 5.74) is 9.75. The van der Waals surface area contributed by atoms with E-state index in [-0.39, 0.29) is 69.9 Å². The van der Waals surface area contributed by atoms with Gasteiger partial charge in [-0.25, -0.2) is 0 Å². The Morgan fingerprint density at radius 3 is 1.09 bits per heavy atom. The molecule has 149 heavy (non-hydrogen) atoms. The average molecular weight is 2070 g/mol. The number of ether oxygens (including phenoxy) is 8. The van der Waals surface area contributed by atoms with Gasteiger partial charge < -0.3 is 83.5 Å². The van der Waals surface area contributed by atoms with Crippen LogP contribution in [0.15, 0.2) is 158 Å². The van der Waals surface area contributed by atoms with Gasteiger partial charge in [-0.1, -0.05) is 49.7 Å². The van der Waals surface area contributed by atoms with Crippen LogP contribution in [0.1, 0.15) is 157 Å². The Bertz CT molecular complexity index is 6680. The van der Waals surface area contributed by atoms with E-state index in [1.807, 2.05) is 77.9 Å². The number of nitrogens with zero attached hydrogens (tertiary/aromatic N) is 16. The lowest BCUT2D eigenvalue weighted by Crippen LogP contribution is -2.36. The number of pyridine rings is 3. The summed E-state index contributed by atoms with van der Waals surface area (Å²) in [6.45, 7) is 28.8. The molecule has 4 aliphatic heterocycles. The molecule has 4 aliphatic rings. The molecule has 0 unspecified atom stereocenters. The number of morpholine rings is 4. The Morgan fingerprint density at radius 1 is 0.389 bits per heavy atom. The fraction of sp³-hybridized carbons (Fsp3) is 0.387. The number of carbonyl (C=O) groups excluding carboxylic acids is 4. The lowest BCUT2D eigenvalue weighted by Gasteiger charge is -2.29. The lowest BCUT2D eigenvalue weighted by molar-refractivity contribution is -0.139. The highest BCUT2D eigenvalue weighted by molar-refractivity contribution is 6.07. The monoisotopic (exact) mass is 2070 g/mol. The topological polar surface area (TPSA) is 356 Å². The van der Waals surface area contributed by atoms with Crippen LogP contribution in [0, 0.1) is 27.7 Å². The Balaban J connectivity index is 0.000000166. The minimum Gasteiger partial charge on any atom is -0.475 e. The number of halogens is 11. The van der Waals surface area contributed by atoms with Gasteiger partial charge in [0.15, 0.2) is 5.78 Å². The highest BCUT2D eigenvalue weighted by atomic mass is 19.4. The maximum atomic E-state index is 13.7. The molecule has 0 atom stereocenters. The predicted octanol–water partition coefficient (Wildman–Crippen LogP) is 18.8. The number of nitrogens with one attached hydrogen (secondary N) is 3. The number of rotatable bonds is 31. The number of aromatic nitrogens is 11. The summed E-state index contributed by atoms with van der Waals surface area (Å²) in [4.78, 5) is 74.3. The van der Waals surface area contributed by atoms with Crippen molar-refractivity contribution in [1.29, 1.82) is 0 Å². The van der Waals surface area contributed by atoms with Crippen LogP contribution in [0.25, 0.3) is 45.0 Å². The molecule has 4 saturated heterocycles. The summed E-state index contributed by atoms with van der Waals surface area (Å²) in [6.07, 6.45) is -8.84. The molecule has 3 amide bonds. The maximum Gasteiger partial charge on any atom is 0.416 e. The van der Waals surface area contributed by atoms with E-state index in [1.54, 1.807) is 82.2 Å². The first-order chi connectivity index (χ1) is 71.2. The first-order valence-corrected chi connectivity index (χ1v) is 48.4. The zero-order valence-corrected chi connectivity index (χ0v) is 84.3. The molecule has 11 heterocycles. The molecule has 5 aromatic carbocycles. The molecule has 4 fully saturated rings. The van der Waals surface area contributed by atoms with Crippen molar-refractivity contribution in [3.05, 3.63) is 248 Å². The SMILES string of the molecule is CCCc1ccc(C(=O)Nc2cnc(C)c(-c3cc(N4CCOCC4)c(OCC)nn3)c2)cc1C(F)(F)F.CCOc1nnc(-c2cc(C(=O)Cc3ccnc(C(C)(F)F)c3)ccc2C)cc1N1CCOCC1.CCOc1nnc(-c2cc(NC(=O)c3ccc(CN(C)C)c(C(F)(F)F)c3)ccc2C)cc1N1CCOCC1.CCOc1nnc(-c2cc(NC(=O)c3ccc(CO)c(C(F)(F)F)c3)cnc2C)cc1N1CCOCC1. The van der Waals surface area contributed by atoms with Gasteiger partial charge in [-0.2, -0.15) is 48.3 Å². The normalized spacial score (nSPS) is 14.0. The van der Waals surface area contributed by atoms with Crippen LogP contribution in [0.5, 0.6) is 23.5 Å². The van der Waals surface area contributed by atoms with E-state index in [4.69, 9.17) is 37.9 Å². The molecule has 0 saturated carbocycles. The van der Waals surface area contributed by atoms with Gasteiger partial charge in [0.2, 0.25) is 0 Å². The standard InChI is InChI=1S/C28H32F3N5O3.C27H30F3N5O3.C26H28F2N4O3.C25H26F3N5O4/c1-5-39-27-25(36-10-12-38-13-11-36)16-24(33-34-27)22-15-21(9-6-18(22)2)32-26(37)19-7-8-20(17-35(3)4)23(14-19)28(29,30)31;1-4-6-18-7-8-19(13-22(18)27(28,29)30)25(36)32-20-14-21(17(3)31-16-20)23-15-24(26(34-33-23)38-5-2)35-9-11-37-12-10-35;1-4-35-25-22(32-9-11-34-12-10-32)16-21(30-31-25)20-15-19(6-5-17(20)2)23(33)13-18-7-8-29-24(14-18)26(3,27)28;1-3-37-24-22(33-6-8-36-9-7-33)12-21(31-32-24)19-11-18(13-29-15(19)2)30-23(35)16-4-5-17(14-34)20(10-16)25(26,27)28/h6-9,14-16H,5,10-13,17H2,1-4H3,(H,32,37);7-8,13-16H,4-6,9-12H2,1-3H3,(H,32,36);5-8,14-16H,4,9-13H2,1-3H3;4-5,10-13,34H,3,6-9,14H2,1-2H3,(H,30,35). The second-order valence-electron chi connectivity index (χ2n) is 35.2. The molecular weight excluding hydrogens is 1960 g/mol. The molecular formula is C106H116F11N19O13. The van der Waals surface area contributed by atoms with E-state index in [1.165, 1.54) is 55.0 Å². The van der Waals surface area contributed by atoms with Crippen molar-refractivity contribution >= 4 is 63.3 Å². The molecule has 0 aliphatic carbocycles. The number of hydrogen-bond donors (Lipinski definition) is 4. The second-order valence-corrected chi connectivity index (χ2v) is 35.2. The summed E-state index contributed by atoms with van der Waals surface area (Å²) in [5, 5.41) is 51.7. The third-order valence-corrected chi connectivity index (χ3v) is 24.2. The van der Waals surface area contributed by atoms with Gasteiger partial charge in [-0.05, 0) is 212 Å². The third-order valence-electron chi connectivity index (χ3n) is 24.2. The van der Waals surface area contributed by atoms with Crippen LogP contribution < -0.4 is 54.5 Å². The molecule has 0 radical (unpaired) electrons. The van der Waals surface area contributed by atoms with E-state index in [0.717, 1.165) is 76.2 Å². The van der Waals surface area contributed by atoms with Crippen LogP contribution in [-0.2, 0) is 69.4 Å². The summed E-state index contributed by atoms with van der Waals surface area (Å²) >= 11 is 0. The number of benzene rings is 5. The van der Waals surface area contributed by atoms with Crippen molar-refractivity contribution in [2.24, 2.45) is 0 Å². The first-order valence-electron chi connectivity index (χ1n) is 48.4. The fourth-order valence-electron chi connectivity index (χ4n) is 16.6. The zero-order chi connectivity index (χ0) is 107. The van der Waals surface area contributed by atoms with E-state index in [9.17, 15) is 72.6 Å². The van der Waals surface area contributed by atoms with Crippen LogP contribution in [0.4, 0.5) is 88.1 Å². The van der Waals surface area contributed by atoms with Gasteiger partial charge in [0.25, 0.3) is 47.2 Å². The fourth-order valence-corrected chi connectivity index (χ4v) is 16.6. The van der Waals surface area contributed by atoms with Crippen molar-refractivity contribution in [1.82, 2.24) is 60.6 Å². The molecule has 4 N–H and O–H groups in total. The quantitative estimate of drug-likeness (QED) is 0.0232. The van der Waals surface area contributed by atoms with Crippen molar-refractivity contribution in [2.45, 2.75) is 126 Å². The molecule has 16 rings (SSSR count).